The maximum absolute atomic E-state index is 9.10. The molecule has 1 unspecified atom stereocenters. The normalized spacial score (nSPS) is 13.3. The lowest BCUT2D eigenvalue weighted by Gasteiger charge is -2.25. The largest absolute Gasteiger partial charge is 0.409 e. The minimum atomic E-state index is 0.0995. The van der Waals surface area contributed by atoms with Crippen LogP contribution >= 0.6 is 0 Å². The van der Waals surface area contributed by atoms with Crippen LogP contribution in [0.25, 0.3) is 0 Å². The maximum atomic E-state index is 9.10. The van der Waals surface area contributed by atoms with Crippen LogP contribution in [-0.4, -0.2) is 34.8 Å². The Morgan fingerprint density at radius 2 is 1.95 bits per heavy atom. The zero-order chi connectivity index (χ0) is 16.0. The summed E-state index contributed by atoms with van der Waals surface area (Å²) in [5, 5.41) is 20.9. The summed E-state index contributed by atoms with van der Waals surface area (Å²) < 4.78 is 0. The van der Waals surface area contributed by atoms with Gasteiger partial charge in [0, 0.05) is 13.6 Å². The van der Waals surface area contributed by atoms with Crippen molar-refractivity contribution in [2.75, 3.05) is 18.5 Å². The summed E-state index contributed by atoms with van der Waals surface area (Å²) in [6, 6.07) is 0. The highest BCUT2D eigenvalue weighted by Crippen LogP contribution is 2.24. The average molecular weight is 293 g/mol. The van der Waals surface area contributed by atoms with Crippen LogP contribution in [-0.2, 0) is 12.8 Å². The lowest BCUT2D eigenvalue weighted by molar-refractivity contribution is 0.318. The van der Waals surface area contributed by atoms with Gasteiger partial charge in [-0.3, -0.25) is 0 Å². The van der Waals surface area contributed by atoms with E-state index < -0.39 is 0 Å². The molecule has 118 valence electrons. The van der Waals surface area contributed by atoms with Crippen molar-refractivity contribution in [3.8, 4) is 0 Å². The Bertz CT molecular complexity index is 501. The van der Waals surface area contributed by atoms with E-state index in [1.807, 2.05) is 25.8 Å². The predicted octanol–water partition coefficient (Wildman–Crippen LogP) is 2.18. The summed E-state index contributed by atoms with van der Waals surface area (Å²) >= 11 is 0. The Hall–Kier alpha value is -1.85. The first kappa shape index (κ1) is 17.2. The van der Waals surface area contributed by atoms with Gasteiger partial charge in [-0.15, -0.1) is 5.10 Å². The van der Waals surface area contributed by atoms with E-state index in [9.17, 15) is 0 Å². The zero-order valence-corrected chi connectivity index (χ0v) is 13.7. The number of anilines is 1. The fraction of sp³-hybridized carbons (Fsp3) is 0.667. The van der Waals surface area contributed by atoms with Gasteiger partial charge in [-0.2, -0.15) is 5.10 Å². The summed E-state index contributed by atoms with van der Waals surface area (Å²) in [6.07, 6.45) is 2.63. The van der Waals surface area contributed by atoms with Crippen molar-refractivity contribution in [3.05, 3.63) is 16.8 Å². The van der Waals surface area contributed by atoms with Crippen molar-refractivity contribution >= 4 is 11.7 Å². The molecule has 1 aromatic heterocycles. The molecule has 6 heteroatoms. The molecule has 0 bridgehead atoms. The Morgan fingerprint density at radius 3 is 2.43 bits per heavy atom. The standard InChI is InChI=1S/C15H27N5O/c1-6-10(4)9-20(5)15-13(14(16)19-21)11(7-2)12(8-3)17-18-15/h10,21H,6-9H2,1-5H3,(H2,16,19). The van der Waals surface area contributed by atoms with Gasteiger partial charge in [0.25, 0.3) is 0 Å². The van der Waals surface area contributed by atoms with E-state index in [0.717, 1.165) is 37.1 Å². The van der Waals surface area contributed by atoms with Gasteiger partial charge in [-0.1, -0.05) is 39.3 Å². The number of aromatic nitrogens is 2. The van der Waals surface area contributed by atoms with Crippen molar-refractivity contribution in [1.29, 1.82) is 0 Å². The number of hydrogen-bond acceptors (Lipinski definition) is 5. The molecule has 1 atom stereocenters. The van der Waals surface area contributed by atoms with Gasteiger partial charge < -0.3 is 15.8 Å². The first-order valence-corrected chi connectivity index (χ1v) is 7.57. The van der Waals surface area contributed by atoms with Gasteiger partial charge in [0.05, 0.1) is 11.3 Å². The average Bonchev–Trinajstić information content (AvgIpc) is 2.51. The minimum absolute atomic E-state index is 0.0995. The number of amidine groups is 1. The number of rotatable bonds is 7. The maximum Gasteiger partial charge on any atom is 0.174 e. The number of oxime groups is 1. The van der Waals surface area contributed by atoms with Crippen molar-refractivity contribution in [1.82, 2.24) is 10.2 Å². The second kappa shape index (κ2) is 7.81. The summed E-state index contributed by atoms with van der Waals surface area (Å²) in [7, 11) is 1.97. The molecule has 0 aliphatic rings. The van der Waals surface area contributed by atoms with Gasteiger partial charge in [-0.05, 0) is 24.3 Å². The molecular formula is C15H27N5O. The molecule has 1 aromatic rings. The molecule has 0 aliphatic carbocycles. The molecular weight excluding hydrogens is 266 g/mol. The van der Waals surface area contributed by atoms with Crippen LogP contribution in [0.3, 0.4) is 0 Å². The molecule has 0 fully saturated rings. The Balaban J connectivity index is 3.37. The quantitative estimate of drug-likeness (QED) is 0.348. The van der Waals surface area contributed by atoms with E-state index in [1.165, 1.54) is 0 Å². The van der Waals surface area contributed by atoms with Gasteiger partial charge in [0.1, 0.15) is 0 Å². The van der Waals surface area contributed by atoms with E-state index in [4.69, 9.17) is 10.9 Å². The molecule has 3 N–H and O–H groups in total. The molecule has 0 aliphatic heterocycles. The van der Waals surface area contributed by atoms with Gasteiger partial charge in [0.2, 0.25) is 0 Å². The fourth-order valence-corrected chi connectivity index (χ4v) is 2.43. The second-order valence-electron chi connectivity index (χ2n) is 5.41. The summed E-state index contributed by atoms with van der Waals surface area (Å²) in [6.45, 7) is 9.27. The van der Waals surface area contributed by atoms with E-state index in [-0.39, 0.29) is 5.84 Å². The minimum Gasteiger partial charge on any atom is -0.409 e. The molecule has 0 radical (unpaired) electrons. The number of hydrogen-bond donors (Lipinski definition) is 2. The predicted molar refractivity (Wildman–Crippen MR) is 86.0 cm³/mol. The molecule has 0 spiro atoms. The zero-order valence-electron chi connectivity index (χ0n) is 13.7. The van der Waals surface area contributed by atoms with Gasteiger partial charge >= 0.3 is 0 Å². The summed E-state index contributed by atoms with van der Waals surface area (Å²) in [4.78, 5) is 2.03. The van der Waals surface area contributed by atoms with Crippen LogP contribution in [0, 0.1) is 5.92 Å². The monoisotopic (exact) mass is 293 g/mol. The third kappa shape index (κ3) is 3.83. The number of aryl methyl sites for hydroxylation is 1. The third-order valence-electron chi connectivity index (χ3n) is 3.84. The molecule has 0 saturated carbocycles. The van der Waals surface area contributed by atoms with Crippen LogP contribution in [0.5, 0.6) is 0 Å². The van der Waals surface area contributed by atoms with Crippen molar-refractivity contribution in [2.45, 2.75) is 47.0 Å². The number of nitrogens with two attached hydrogens (primary N) is 1. The van der Waals surface area contributed by atoms with Crippen molar-refractivity contribution in [2.24, 2.45) is 16.8 Å². The second-order valence-corrected chi connectivity index (χ2v) is 5.41. The third-order valence-corrected chi connectivity index (χ3v) is 3.84. The van der Waals surface area contributed by atoms with Crippen molar-refractivity contribution in [3.63, 3.8) is 0 Å². The Labute approximate surface area is 127 Å². The SMILES string of the molecule is CCc1nnc(N(C)CC(C)CC)c(C(N)=NO)c1CC. The van der Waals surface area contributed by atoms with E-state index in [0.29, 0.717) is 17.3 Å². The smallest absolute Gasteiger partial charge is 0.174 e. The first-order chi connectivity index (χ1) is 9.99. The van der Waals surface area contributed by atoms with Crippen LogP contribution < -0.4 is 10.6 Å². The molecule has 21 heavy (non-hydrogen) atoms. The Morgan fingerprint density at radius 1 is 1.29 bits per heavy atom. The van der Waals surface area contributed by atoms with Gasteiger partial charge in [0.15, 0.2) is 11.7 Å². The lowest BCUT2D eigenvalue weighted by Crippen LogP contribution is -2.30. The Kier molecular flexibility index (Phi) is 6.39. The highest BCUT2D eigenvalue weighted by atomic mass is 16.4. The molecule has 0 aromatic carbocycles. The molecule has 1 rings (SSSR count). The van der Waals surface area contributed by atoms with Crippen LogP contribution in [0.1, 0.15) is 50.9 Å². The molecule has 0 amide bonds. The highest BCUT2D eigenvalue weighted by molar-refractivity contribution is 6.02. The van der Waals surface area contributed by atoms with Crippen LogP contribution in [0.2, 0.25) is 0 Å². The van der Waals surface area contributed by atoms with Gasteiger partial charge in [-0.25, -0.2) is 0 Å². The van der Waals surface area contributed by atoms with E-state index >= 15 is 0 Å². The van der Waals surface area contributed by atoms with Crippen LogP contribution in [0.15, 0.2) is 5.16 Å². The van der Waals surface area contributed by atoms with E-state index in [2.05, 4.69) is 29.2 Å². The molecule has 6 nitrogen and oxygen atoms in total. The number of nitrogens with zero attached hydrogens (tertiary/aromatic N) is 4. The molecule has 0 saturated heterocycles. The van der Waals surface area contributed by atoms with Crippen LogP contribution in [0.4, 0.5) is 5.82 Å². The van der Waals surface area contributed by atoms with E-state index in [1.54, 1.807) is 0 Å². The fourth-order valence-electron chi connectivity index (χ4n) is 2.43. The summed E-state index contributed by atoms with van der Waals surface area (Å²) in [5.74, 6) is 1.31. The summed E-state index contributed by atoms with van der Waals surface area (Å²) in [5.41, 5.74) is 8.52. The van der Waals surface area contributed by atoms with Crippen molar-refractivity contribution < 1.29 is 5.21 Å². The molecule has 1 heterocycles. The highest BCUT2D eigenvalue weighted by Gasteiger charge is 2.21. The first-order valence-electron chi connectivity index (χ1n) is 7.57. The lowest BCUT2D eigenvalue weighted by atomic mass is 10.0. The topological polar surface area (TPSA) is 87.6 Å².